The van der Waals surface area contributed by atoms with E-state index in [0.717, 1.165) is 0 Å². The Kier molecular flexibility index (Phi) is 12.3. The molecule has 0 N–H and O–H groups in total. The predicted octanol–water partition coefficient (Wildman–Crippen LogP) is 7.66. The van der Waals surface area contributed by atoms with Crippen LogP contribution in [0.2, 0.25) is 0 Å². The van der Waals surface area contributed by atoms with Gasteiger partial charge in [-0.25, -0.2) is 0 Å². The van der Waals surface area contributed by atoms with Crippen molar-refractivity contribution >= 4 is 21.6 Å². The Morgan fingerprint density at radius 2 is 1.33 bits per heavy atom. The normalized spacial score (nSPS) is 11.0. The van der Waals surface area contributed by atoms with Crippen LogP contribution in [0.4, 0.5) is 0 Å². The molecule has 0 aliphatic heterocycles. The van der Waals surface area contributed by atoms with E-state index in [0.29, 0.717) is 0 Å². The molecule has 0 amide bonds. The minimum Gasteiger partial charge on any atom is -0.0889 e. The van der Waals surface area contributed by atoms with E-state index in [4.69, 9.17) is 0 Å². The lowest BCUT2D eigenvalue weighted by Gasteiger charge is -2.04. The summed E-state index contributed by atoms with van der Waals surface area (Å²) in [6.45, 7) is 4.48. The average Bonchev–Trinajstić information content (AvgIpc) is 2.50. The summed E-state index contributed by atoms with van der Waals surface area (Å²) in [5.41, 5.74) is 1.40. The van der Waals surface area contributed by atoms with Crippen LogP contribution >= 0.6 is 21.6 Å². The van der Waals surface area contributed by atoms with Gasteiger partial charge in [-0.3, -0.25) is 0 Å². The second-order valence-electron chi connectivity index (χ2n) is 5.85. The van der Waals surface area contributed by atoms with Gasteiger partial charge in [-0.2, -0.15) is 0 Å². The number of hydrogen-bond acceptors (Lipinski definition) is 2. The van der Waals surface area contributed by atoms with Gasteiger partial charge in [0, 0.05) is 10.6 Å². The molecule has 0 spiro atoms. The van der Waals surface area contributed by atoms with Crippen LogP contribution in [0.5, 0.6) is 0 Å². The topological polar surface area (TPSA) is 0 Å². The van der Waals surface area contributed by atoms with E-state index >= 15 is 0 Å². The molecule has 0 saturated heterocycles. The molecule has 0 heterocycles. The zero-order valence-corrected chi connectivity index (χ0v) is 15.5. The van der Waals surface area contributed by atoms with Gasteiger partial charge in [0.15, 0.2) is 0 Å². The smallest absolute Gasteiger partial charge is 0.0212 e. The summed E-state index contributed by atoms with van der Waals surface area (Å²) in [5.74, 6) is 1.29. The lowest BCUT2D eigenvalue weighted by atomic mass is 10.1. The van der Waals surface area contributed by atoms with E-state index in [1.54, 1.807) is 0 Å². The van der Waals surface area contributed by atoms with Crippen LogP contribution in [-0.2, 0) is 0 Å². The van der Waals surface area contributed by atoms with Crippen LogP contribution in [0.3, 0.4) is 0 Å². The molecule has 0 nitrogen and oxygen atoms in total. The van der Waals surface area contributed by atoms with Crippen molar-refractivity contribution in [2.24, 2.45) is 0 Å². The largest absolute Gasteiger partial charge is 0.0889 e. The molecule has 0 aromatic heterocycles. The van der Waals surface area contributed by atoms with Gasteiger partial charge >= 0.3 is 0 Å². The molecule has 0 aliphatic rings. The van der Waals surface area contributed by atoms with E-state index in [1.807, 2.05) is 21.6 Å². The van der Waals surface area contributed by atoms with Crippen molar-refractivity contribution in [2.75, 3.05) is 5.75 Å². The van der Waals surface area contributed by atoms with Gasteiger partial charge in [0.25, 0.3) is 0 Å². The summed E-state index contributed by atoms with van der Waals surface area (Å²) in [6, 6.07) is 8.68. The third kappa shape index (κ3) is 10.3. The molecule has 0 atom stereocenters. The highest BCUT2D eigenvalue weighted by Crippen LogP contribution is 2.33. The average molecular weight is 325 g/mol. The molecule has 0 unspecified atom stereocenters. The van der Waals surface area contributed by atoms with E-state index in [-0.39, 0.29) is 0 Å². The Bertz CT molecular complexity index is 349. The Balaban J connectivity index is 1.84. The maximum atomic E-state index is 2.29. The van der Waals surface area contributed by atoms with Gasteiger partial charge in [0.1, 0.15) is 0 Å². The maximum Gasteiger partial charge on any atom is 0.0212 e. The molecule has 0 fully saturated rings. The number of unbranched alkanes of at least 4 members (excludes halogenated alkanes) is 9. The molecular formula is C19H32S2. The summed E-state index contributed by atoms with van der Waals surface area (Å²) >= 11 is 0. The number of benzene rings is 1. The summed E-state index contributed by atoms with van der Waals surface area (Å²) in [7, 11) is 3.96. The second kappa shape index (κ2) is 13.6. The van der Waals surface area contributed by atoms with E-state index in [9.17, 15) is 0 Å². The van der Waals surface area contributed by atoms with Gasteiger partial charge in [0.05, 0.1) is 0 Å². The SMILES string of the molecule is CCCCCCCCCCCCSSc1ccccc1C. The lowest BCUT2D eigenvalue weighted by molar-refractivity contribution is 0.563. The minimum absolute atomic E-state index is 1.29. The molecule has 1 rings (SSSR count). The highest BCUT2D eigenvalue weighted by atomic mass is 33.1. The van der Waals surface area contributed by atoms with Crippen LogP contribution in [0.1, 0.15) is 76.7 Å². The lowest BCUT2D eigenvalue weighted by Crippen LogP contribution is -1.83. The van der Waals surface area contributed by atoms with Crippen molar-refractivity contribution in [3.63, 3.8) is 0 Å². The molecule has 0 bridgehead atoms. The van der Waals surface area contributed by atoms with Crippen LogP contribution < -0.4 is 0 Å². The zero-order valence-electron chi connectivity index (χ0n) is 13.9. The Labute approximate surface area is 140 Å². The van der Waals surface area contributed by atoms with Gasteiger partial charge in [-0.15, -0.1) is 0 Å². The highest BCUT2D eigenvalue weighted by Gasteiger charge is 1.98. The first kappa shape index (κ1) is 19.0. The summed E-state index contributed by atoms with van der Waals surface area (Å²) in [6.07, 6.45) is 14.3. The first-order chi connectivity index (χ1) is 10.3. The van der Waals surface area contributed by atoms with Crippen LogP contribution in [0.15, 0.2) is 29.2 Å². The van der Waals surface area contributed by atoms with Crippen molar-refractivity contribution in [1.82, 2.24) is 0 Å². The van der Waals surface area contributed by atoms with E-state index in [2.05, 4.69) is 38.1 Å². The van der Waals surface area contributed by atoms with Crippen molar-refractivity contribution < 1.29 is 0 Å². The van der Waals surface area contributed by atoms with Crippen molar-refractivity contribution in [3.8, 4) is 0 Å². The molecule has 0 aliphatic carbocycles. The van der Waals surface area contributed by atoms with Crippen LogP contribution in [0.25, 0.3) is 0 Å². The summed E-state index contributed by atoms with van der Waals surface area (Å²) in [5, 5.41) is 0. The van der Waals surface area contributed by atoms with E-state index < -0.39 is 0 Å². The van der Waals surface area contributed by atoms with Gasteiger partial charge in [0.2, 0.25) is 0 Å². The van der Waals surface area contributed by atoms with Gasteiger partial charge in [-0.05, 0) is 25.0 Å². The third-order valence-electron chi connectivity index (χ3n) is 3.82. The van der Waals surface area contributed by atoms with Crippen molar-refractivity contribution in [3.05, 3.63) is 29.8 Å². The first-order valence-electron chi connectivity index (χ1n) is 8.69. The zero-order chi connectivity index (χ0) is 15.2. The third-order valence-corrected chi connectivity index (χ3v) is 6.43. The molecule has 21 heavy (non-hydrogen) atoms. The maximum absolute atomic E-state index is 2.29. The fourth-order valence-corrected chi connectivity index (χ4v) is 4.81. The number of aryl methyl sites for hydroxylation is 1. The van der Waals surface area contributed by atoms with E-state index in [1.165, 1.54) is 80.4 Å². The van der Waals surface area contributed by atoms with Gasteiger partial charge < -0.3 is 0 Å². The Hall–Kier alpha value is -0.0800. The monoisotopic (exact) mass is 324 g/mol. The number of rotatable bonds is 13. The van der Waals surface area contributed by atoms with Crippen molar-refractivity contribution in [2.45, 2.75) is 83.0 Å². The molecule has 0 saturated carbocycles. The quantitative estimate of drug-likeness (QED) is 0.270. The Morgan fingerprint density at radius 1 is 0.762 bits per heavy atom. The van der Waals surface area contributed by atoms with Crippen LogP contribution in [-0.4, -0.2) is 5.75 Å². The minimum atomic E-state index is 1.29. The molecule has 0 radical (unpaired) electrons. The summed E-state index contributed by atoms with van der Waals surface area (Å²) < 4.78 is 0. The highest BCUT2D eigenvalue weighted by molar-refractivity contribution is 8.76. The fourth-order valence-electron chi connectivity index (χ4n) is 2.40. The fraction of sp³-hybridized carbons (Fsp3) is 0.684. The molecule has 1 aromatic rings. The van der Waals surface area contributed by atoms with Gasteiger partial charge in [-0.1, -0.05) is 104 Å². The predicted molar refractivity (Wildman–Crippen MR) is 101 cm³/mol. The second-order valence-corrected chi connectivity index (χ2v) is 8.31. The molecule has 2 heteroatoms. The molecular weight excluding hydrogens is 292 g/mol. The van der Waals surface area contributed by atoms with Crippen LogP contribution in [0, 0.1) is 6.92 Å². The Morgan fingerprint density at radius 3 is 1.95 bits per heavy atom. The summed E-state index contributed by atoms with van der Waals surface area (Å²) in [4.78, 5) is 1.43. The number of hydrogen-bond donors (Lipinski definition) is 0. The molecule has 120 valence electrons. The standard InChI is InChI=1S/C19H32S2/c1-3-4-5-6-7-8-9-10-11-14-17-20-21-19-16-13-12-15-18(19)2/h12-13,15-16H,3-11,14,17H2,1-2H3. The van der Waals surface area contributed by atoms with Crippen molar-refractivity contribution in [1.29, 1.82) is 0 Å². The first-order valence-corrected chi connectivity index (χ1v) is 11.0. The molecule has 1 aromatic carbocycles.